The summed E-state index contributed by atoms with van der Waals surface area (Å²) in [7, 11) is 1.62. The molecule has 6 rings (SSSR count). The molecule has 4 atom stereocenters. The third-order valence-electron chi connectivity index (χ3n) is 8.43. The Balaban J connectivity index is 1.14. The van der Waals surface area contributed by atoms with Gasteiger partial charge in [-0.1, -0.05) is 42.0 Å². The number of aliphatic hydroxyl groups excluding tert-OH is 1. The SMILES string of the molecule is COc1ccc2cccc(C(O)CN3C4CCC3CC(NC(CC3=CC=CCC3)C3=COC=CO3)C4)c2n1. The molecule has 0 saturated carbocycles. The predicted molar refractivity (Wildman–Crippen MR) is 147 cm³/mol. The van der Waals surface area contributed by atoms with Gasteiger partial charge in [-0.25, -0.2) is 4.98 Å². The molecule has 7 heteroatoms. The highest BCUT2D eigenvalue weighted by Crippen LogP contribution is 2.38. The zero-order valence-corrected chi connectivity index (χ0v) is 22.0. The molecule has 200 valence electrons. The lowest BCUT2D eigenvalue weighted by Crippen LogP contribution is -2.52. The first-order valence-corrected chi connectivity index (χ1v) is 13.8. The summed E-state index contributed by atoms with van der Waals surface area (Å²) in [5.41, 5.74) is 3.12. The first-order valence-electron chi connectivity index (χ1n) is 13.8. The van der Waals surface area contributed by atoms with Crippen molar-refractivity contribution in [1.29, 1.82) is 0 Å². The zero-order valence-electron chi connectivity index (χ0n) is 22.0. The normalized spacial score (nSPS) is 26.3. The van der Waals surface area contributed by atoms with E-state index in [-0.39, 0.29) is 6.04 Å². The van der Waals surface area contributed by atoms with E-state index in [1.165, 1.54) is 18.4 Å². The molecule has 0 amide bonds. The van der Waals surface area contributed by atoms with E-state index < -0.39 is 6.10 Å². The third-order valence-corrected chi connectivity index (χ3v) is 8.43. The van der Waals surface area contributed by atoms with Gasteiger partial charge in [0.1, 0.15) is 18.8 Å². The van der Waals surface area contributed by atoms with E-state index in [0.29, 0.717) is 30.6 Å². The van der Waals surface area contributed by atoms with Crippen LogP contribution < -0.4 is 10.1 Å². The standard InChI is InChI=1S/C31H37N3O4/c1-36-30-13-10-22-8-5-9-26(31(22)33-30)28(35)19-34-24-11-12-25(34)18-23(17-24)32-27(29-20-37-14-15-38-29)16-21-6-3-2-4-7-21/h2-3,5-6,8-10,13-15,20,23-25,27-28,32,35H,4,7,11-12,16-19H2,1H3. The van der Waals surface area contributed by atoms with Gasteiger partial charge in [0.15, 0.2) is 5.76 Å². The fourth-order valence-electron chi connectivity index (χ4n) is 6.59. The summed E-state index contributed by atoms with van der Waals surface area (Å²) >= 11 is 0. The van der Waals surface area contributed by atoms with Crippen LogP contribution in [0.3, 0.4) is 0 Å². The molecule has 1 aliphatic carbocycles. The van der Waals surface area contributed by atoms with Crippen LogP contribution >= 0.6 is 0 Å². The van der Waals surface area contributed by atoms with Crippen molar-refractivity contribution in [2.24, 2.45) is 0 Å². The smallest absolute Gasteiger partial charge is 0.213 e. The predicted octanol–water partition coefficient (Wildman–Crippen LogP) is 5.26. The van der Waals surface area contributed by atoms with Crippen molar-refractivity contribution < 1.29 is 19.3 Å². The van der Waals surface area contributed by atoms with Crippen LogP contribution in [0.1, 0.15) is 56.6 Å². The molecule has 2 bridgehead atoms. The van der Waals surface area contributed by atoms with E-state index in [1.54, 1.807) is 25.9 Å². The molecule has 4 heterocycles. The highest BCUT2D eigenvalue weighted by atomic mass is 16.5. The molecule has 2 N–H and O–H groups in total. The Kier molecular flexibility index (Phi) is 7.49. The van der Waals surface area contributed by atoms with Crippen molar-refractivity contribution in [3.63, 3.8) is 0 Å². The quantitative estimate of drug-likeness (QED) is 0.472. The lowest BCUT2D eigenvalue weighted by Gasteiger charge is -2.41. The zero-order chi connectivity index (χ0) is 25.9. The minimum absolute atomic E-state index is 0.0796. The second kappa shape index (κ2) is 11.3. The number of pyridine rings is 1. The number of nitrogens with zero attached hydrogens (tertiary/aromatic N) is 2. The number of nitrogens with one attached hydrogen (secondary N) is 1. The number of fused-ring (bicyclic) bond motifs is 3. The fraction of sp³-hybridized carbons (Fsp3) is 0.452. The van der Waals surface area contributed by atoms with Gasteiger partial charge in [-0.3, -0.25) is 4.90 Å². The maximum absolute atomic E-state index is 11.4. The van der Waals surface area contributed by atoms with Gasteiger partial charge in [0.2, 0.25) is 5.88 Å². The highest BCUT2D eigenvalue weighted by Gasteiger charge is 2.42. The minimum atomic E-state index is -0.602. The highest BCUT2D eigenvalue weighted by molar-refractivity contribution is 5.82. The maximum atomic E-state index is 11.4. The minimum Gasteiger partial charge on any atom is -0.481 e. The molecule has 1 aromatic heterocycles. The number of aliphatic hydroxyl groups is 1. The lowest BCUT2D eigenvalue weighted by molar-refractivity contribution is 0.0501. The Hall–Kier alpha value is -3.13. The average Bonchev–Trinajstić information content (AvgIpc) is 3.19. The van der Waals surface area contributed by atoms with Crippen molar-refractivity contribution in [3.8, 4) is 5.88 Å². The molecule has 7 nitrogen and oxygen atoms in total. The van der Waals surface area contributed by atoms with Gasteiger partial charge in [0.25, 0.3) is 0 Å². The van der Waals surface area contributed by atoms with Gasteiger partial charge in [0, 0.05) is 41.7 Å². The Labute approximate surface area is 224 Å². The van der Waals surface area contributed by atoms with E-state index in [0.717, 1.165) is 54.3 Å². The Morgan fingerprint density at radius 2 is 2.03 bits per heavy atom. The largest absolute Gasteiger partial charge is 0.481 e. The van der Waals surface area contributed by atoms with Crippen LogP contribution in [0.2, 0.25) is 0 Å². The van der Waals surface area contributed by atoms with Crippen LogP contribution in [-0.4, -0.2) is 52.8 Å². The molecular weight excluding hydrogens is 478 g/mol. The summed E-state index contributed by atoms with van der Waals surface area (Å²) in [6, 6.07) is 11.3. The van der Waals surface area contributed by atoms with Gasteiger partial charge < -0.3 is 24.6 Å². The van der Waals surface area contributed by atoms with Crippen molar-refractivity contribution in [3.05, 3.63) is 84.2 Å². The maximum Gasteiger partial charge on any atom is 0.213 e. The Morgan fingerprint density at radius 3 is 2.76 bits per heavy atom. The van der Waals surface area contributed by atoms with Crippen LogP contribution in [0, 0.1) is 0 Å². The molecule has 2 saturated heterocycles. The monoisotopic (exact) mass is 515 g/mol. The molecular formula is C31H37N3O4. The number of para-hydroxylation sites is 1. The second-order valence-electron chi connectivity index (χ2n) is 10.8. The summed E-state index contributed by atoms with van der Waals surface area (Å²) < 4.78 is 16.7. The van der Waals surface area contributed by atoms with Crippen molar-refractivity contribution in [1.82, 2.24) is 15.2 Å². The second-order valence-corrected chi connectivity index (χ2v) is 10.8. The van der Waals surface area contributed by atoms with Gasteiger partial charge in [-0.05, 0) is 51.0 Å². The van der Waals surface area contributed by atoms with Crippen LogP contribution in [0.15, 0.2) is 78.7 Å². The summed E-state index contributed by atoms with van der Waals surface area (Å²) in [4.78, 5) is 7.18. The fourth-order valence-corrected chi connectivity index (χ4v) is 6.59. The third kappa shape index (κ3) is 5.37. The number of hydrogen-bond donors (Lipinski definition) is 2. The number of rotatable bonds is 9. The number of methoxy groups -OCH3 is 1. The van der Waals surface area contributed by atoms with Crippen LogP contribution in [-0.2, 0) is 9.47 Å². The van der Waals surface area contributed by atoms with E-state index >= 15 is 0 Å². The molecule has 2 aromatic rings. The first-order chi connectivity index (χ1) is 18.7. The van der Waals surface area contributed by atoms with Crippen LogP contribution in [0.5, 0.6) is 5.88 Å². The molecule has 0 spiro atoms. The molecule has 0 radical (unpaired) electrons. The van der Waals surface area contributed by atoms with Gasteiger partial charge in [0.05, 0.1) is 24.8 Å². The number of ether oxygens (including phenoxy) is 3. The number of hydrogen-bond acceptors (Lipinski definition) is 7. The molecule has 3 aliphatic heterocycles. The van der Waals surface area contributed by atoms with Gasteiger partial charge >= 0.3 is 0 Å². The van der Waals surface area contributed by atoms with E-state index in [1.807, 2.05) is 30.3 Å². The van der Waals surface area contributed by atoms with Gasteiger partial charge in [-0.15, -0.1) is 0 Å². The first kappa shape index (κ1) is 25.2. The van der Waals surface area contributed by atoms with Crippen LogP contribution in [0.4, 0.5) is 0 Å². The van der Waals surface area contributed by atoms with Gasteiger partial charge in [-0.2, -0.15) is 0 Å². The van der Waals surface area contributed by atoms with Crippen molar-refractivity contribution in [2.75, 3.05) is 13.7 Å². The molecule has 4 aliphatic rings. The molecule has 38 heavy (non-hydrogen) atoms. The van der Waals surface area contributed by atoms with Crippen molar-refractivity contribution in [2.45, 2.75) is 75.2 Å². The summed E-state index contributed by atoms with van der Waals surface area (Å²) in [6.07, 6.45) is 18.5. The van der Waals surface area contributed by atoms with E-state index in [2.05, 4.69) is 33.4 Å². The number of allylic oxidation sites excluding steroid dienone is 3. The van der Waals surface area contributed by atoms with E-state index in [4.69, 9.17) is 14.2 Å². The topological polar surface area (TPSA) is 76.1 Å². The van der Waals surface area contributed by atoms with Crippen molar-refractivity contribution >= 4 is 10.9 Å². The summed E-state index contributed by atoms with van der Waals surface area (Å²) in [5, 5.41) is 16.3. The number of piperidine rings is 1. The Bertz CT molecular complexity index is 1260. The summed E-state index contributed by atoms with van der Waals surface area (Å²) in [6.45, 7) is 0.621. The van der Waals surface area contributed by atoms with E-state index in [9.17, 15) is 5.11 Å². The lowest BCUT2D eigenvalue weighted by atomic mass is 9.92. The molecule has 1 aromatic carbocycles. The molecule has 4 unspecified atom stereocenters. The summed E-state index contributed by atoms with van der Waals surface area (Å²) in [5.74, 6) is 1.41. The number of aromatic nitrogens is 1. The number of benzene rings is 1. The Morgan fingerprint density at radius 1 is 1.16 bits per heavy atom. The average molecular weight is 516 g/mol. The molecule has 2 fully saturated rings. The van der Waals surface area contributed by atoms with Crippen LogP contribution in [0.25, 0.3) is 10.9 Å².